The Balaban J connectivity index is 1.48. The highest BCUT2D eigenvalue weighted by Gasteiger charge is 2.41. The molecule has 4 nitrogen and oxygen atoms in total. The molecule has 194 valence electrons. The van der Waals surface area contributed by atoms with Crippen molar-refractivity contribution in [3.63, 3.8) is 0 Å². The van der Waals surface area contributed by atoms with E-state index in [-0.39, 0.29) is 5.41 Å². The quantitative estimate of drug-likeness (QED) is 0.199. The van der Waals surface area contributed by atoms with Gasteiger partial charge in [-0.05, 0) is 52.2 Å². The molecule has 0 radical (unpaired) electrons. The monoisotopic (exact) mass is 527 g/mol. The van der Waals surface area contributed by atoms with Gasteiger partial charge in [-0.3, -0.25) is 9.88 Å². The van der Waals surface area contributed by atoms with E-state index in [9.17, 15) is 0 Å². The highest BCUT2D eigenvalue weighted by atomic mass is 16.3. The Bertz CT molecular complexity index is 2370. The summed E-state index contributed by atoms with van der Waals surface area (Å²) in [5, 5.41) is 6.86. The molecule has 0 saturated heterocycles. The maximum atomic E-state index is 6.79. The molecule has 4 heterocycles. The summed E-state index contributed by atoms with van der Waals surface area (Å²) in [6.45, 7) is 4.66. The Hall–Kier alpha value is -5.22. The number of benzene rings is 5. The van der Waals surface area contributed by atoms with Gasteiger partial charge in [-0.2, -0.15) is 0 Å². The fourth-order valence-electron chi connectivity index (χ4n) is 7.01. The average Bonchev–Trinajstić information content (AvgIpc) is 3.41. The van der Waals surface area contributed by atoms with Crippen LogP contribution < -0.4 is 4.90 Å². The van der Waals surface area contributed by atoms with Crippen LogP contribution in [-0.2, 0) is 5.41 Å². The van der Waals surface area contributed by atoms with Crippen molar-refractivity contribution >= 4 is 71.7 Å². The highest BCUT2D eigenvalue weighted by molar-refractivity contribution is 6.25. The second-order valence-corrected chi connectivity index (χ2v) is 11.4. The second kappa shape index (κ2) is 7.92. The van der Waals surface area contributed by atoms with Gasteiger partial charge < -0.3 is 4.42 Å². The van der Waals surface area contributed by atoms with E-state index >= 15 is 0 Å². The number of hydrogen-bond donors (Lipinski definition) is 0. The van der Waals surface area contributed by atoms with Gasteiger partial charge in [-0.25, -0.2) is 4.98 Å². The van der Waals surface area contributed by atoms with Crippen LogP contribution in [0.5, 0.6) is 0 Å². The van der Waals surface area contributed by atoms with Crippen molar-refractivity contribution in [1.29, 1.82) is 0 Å². The molecule has 1 aliphatic heterocycles. The van der Waals surface area contributed by atoms with Gasteiger partial charge in [0.2, 0.25) is 0 Å². The molecule has 1 aliphatic rings. The van der Waals surface area contributed by atoms with E-state index in [0.29, 0.717) is 0 Å². The number of rotatable bonds is 1. The number of aromatic nitrogens is 2. The summed E-state index contributed by atoms with van der Waals surface area (Å²) in [5.41, 5.74) is 7.97. The Labute approximate surface area is 236 Å². The molecule has 5 aromatic carbocycles. The summed E-state index contributed by atoms with van der Waals surface area (Å²) in [7, 11) is 0. The van der Waals surface area contributed by atoms with Crippen LogP contribution in [0.4, 0.5) is 17.2 Å². The first kappa shape index (κ1) is 22.6. The fourth-order valence-corrected chi connectivity index (χ4v) is 7.01. The minimum atomic E-state index is -0.277. The van der Waals surface area contributed by atoms with E-state index in [1.807, 2.05) is 18.3 Å². The van der Waals surface area contributed by atoms with Crippen LogP contribution in [0.2, 0.25) is 0 Å². The standard InChI is InChI=1S/C37H25N3O/c1-37(2)27-14-6-7-15-28(27)40(30-20-19-23-18-17-22-10-9-21-38-33(22)34(23)39-30)35-32(37)25-12-4-3-11-24(25)31-26-13-5-8-16-29(26)41-36(31)35/h3-21H,1-2H3. The first-order valence-corrected chi connectivity index (χ1v) is 14.0. The third-order valence-electron chi connectivity index (χ3n) is 8.83. The number of para-hydroxylation sites is 2. The summed E-state index contributed by atoms with van der Waals surface area (Å²) in [4.78, 5) is 12.4. The molecule has 4 heteroatoms. The molecule has 0 amide bonds. The van der Waals surface area contributed by atoms with Crippen LogP contribution in [-0.4, -0.2) is 9.97 Å². The molecule has 0 aliphatic carbocycles. The zero-order valence-electron chi connectivity index (χ0n) is 22.7. The van der Waals surface area contributed by atoms with Crippen molar-refractivity contribution in [2.75, 3.05) is 4.90 Å². The Morgan fingerprint density at radius 2 is 1.37 bits per heavy atom. The van der Waals surface area contributed by atoms with E-state index < -0.39 is 0 Å². The zero-order valence-corrected chi connectivity index (χ0v) is 22.7. The van der Waals surface area contributed by atoms with Crippen molar-refractivity contribution in [3.05, 3.63) is 127 Å². The van der Waals surface area contributed by atoms with Crippen molar-refractivity contribution in [2.24, 2.45) is 0 Å². The maximum Gasteiger partial charge on any atom is 0.160 e. The molecule has 9 rings (SSSR count). The van der Waals surface area contributed by atoms with Crippen LogP contribution in [0.1, 0.15) is 25.0 Å². The number of fused-ring (bicyclic) bond motifs is 12. The molecular formula is C37H25N3O. The minimum absolute atomic E-state index is 0.277. The fraction of sp³-hybridized carbons (Fsp3) is 0.0811. The molecule has 0 unspecified atom stereocenters. The van der Waals surface area contributed by atoms with Crippen LogP contribution in [0.25, 0.3) is 54.5 Å². The van der Waals surface area contributed by atoms with E-state index in [4.69, 9.17) is 14.4 Å². The van der Waals surface area contributed by atoms with Gasteiger partial charge >= 0.3 is 0 Å². The summed E-state index contributed by atoms with van der Waals surface area (Å²) in [6, 6.07) is 38.4. The predicted molar refractivity (Wildman–Crippen MR) is 169 cm³/mol. The lowest BCUT2D eigenvalue weighted by atomic mass is 9.71. The molecule has 0 atom stereocenters. The SMILES string of the molecule is CC1(C)c2ccccc2N(c2ccc3ccc4cccnc4c3n2)c2c1c1ccccc1c1c2oc2ccccc21. The van der Waals surface area contributed by atoms with Gasteiger partial charge in [0.05, 0.1) is 22.4 Å². The molecule has 8 aromatic rings. The Morgan fingerprint density at radius 1 is 0.659 bits per heavy atom. The summed E-state index contributed by atoms with van der Waals surface area (Å²) >= 11 is 0. The third-order valence-corrected chi connectivity index (χ3v) is 8.83. The zero-order chi connectivity index (χ0) is 27.3. The maximum absolute atomic E-state index is 6.79. The van der Waals surface area contributed by atoms with E-state index in [1.165, 1.54) is 21.9 Å². The van der Waals surface area contributed by atoms with Crippen molar-refractivity contribution in [1.82, 2.24) is 9.97 Å². The number of pyridine rings is 2. The topological polar surface area (TPSA) is 42.2 Å². The highest BCUT2D eigenvalue weighted by Crippen LogP contribution is 2.57. The predicted octanol–water partition coefficient (Wildman–Crippen LogP) is 9.94. The molecule has 41 heavy (non-hydrogen) atoms. The second-order valence-electron chi connectivity index (χ2n) is 11.4. The molecule has 0 bridgehead atoms. The Morgan fingerprint density at radius 3 is 2.24 bits per heavy atom. The number of hydrogen-bond acceptors (Lipinski definition) is 4. The smallest absolute Gasteiger partial charge is 0.160 e. The molecular weight excluding hydrogens is 502 g/mol. The molecule has 0 N–H and O–H groups in total. The minimum Gasteiger partial charge on any atom is -0.454 e. The van der Waals surface area contributed by atoms with E-state index in [0.717, 1.165) is 60.9 Å². The van der Waals surface area contributed by atoms with Crippen molar-refractivity contribution in [3.8, 4) is 0 Å². The Kier molecular flexibility index (Phi) is 4.36. The van der Waals surface area contributed by atoms with Crippen LogP contribution in [0.15, 0.2) is 120 Å². The molecule has 0 spiro atoms. The lowest BCUT2D eigenvalue weighted by molar-refractivity contribution is 0.628. The molecule has 3 aromatic heterocycles. The molecule has 0 saturated carbocycles. The lowest BCUT2D eigenvalue weighted by Crippen LogP contribution is -2.31. The van der Waals surface area contributed by atoms with Gasteiger partial charge in [-0.15, -0.1) is 0 Å². The van der Waals surface area contributed by atoms with E-state index in [1.54, 1.807) is 0 Å². The van der Waals surface area contributed by atoms with Gasteiger partial charge in [0, 0.05) is 33.2 Å². The first-order chi connectivity index (χ1) is 20.1. The normalized spacial score (nSPS) is 14.2. The van der Waals surface area contributed by atoms with E-state index in [2.05, 4.69) is 116 Å². The summed E-state index contributed by atoms with van der Waals surface area (Å²) in [5.74, 6) is 0.844. The van der Waals surface area contributed by atoms with Gasteiger partial charge in [0.1, 0.15) is 11.4 Å². The average molecular weight is 528 g/mol. The van der Waals surface area contributed by atoms with Gasteiger partial charge in [-0.1, -0.05) is 92.7 Å². The van der Waals surface area contributed by atoms with Crippen LogP contribution in [0.3, 0.4) is 0 Å². The summed E-state index contributed by atoms with van der Waals surface area (Å²) in [6.07, 6.45) is 1.84. The van der Waals surface area contributed by atoms with Crippen molar-refractivity contribution in [2.45, 2.75) is 19.3 Å². The summed E-state index contributed by atoms with van der Waals surface area (Å²) < 4.78 is 6.79. The molecule has 0 fully saturated rings. The van der Waals surface area contributed by atoms with Gasteiger partial charge in [0.25, 0.3) is 0 Å². The first-order valence-electron chi connectivity index (χ1n) is 14.0. The lowest BCUT2D eigenvalue weighted by Gasteiger charge is -2.42. The number of furan rings is 1. The third kappa shape index (κ3) is 2.94. The van der Waals surface area contributed by atoms with Crippen LogP contribution >= 0.6 is 0 Å². The number of anilines is 3. The van der Waals surface area contributed by atoms with Crippen LogP contribution in [0, 0.1) is 0 Å². The van der Waals surface area contributed by atoms with Crippen molar-refractivity contribution < 1.29 is 4.42 Å². The van der Waals surface area contributed by atoms with Gasteiger partial charge in [0.15, 0.2) is 5.58 Å². The number of nitrogens with zero attached hydrogens (tertiary/aromatic N) is 3. The largest absolute Gasteiger partial charge is 0.454 e.